The van der Waals surface area contributed by atoms with Gasteiger partial charge in [0, 0.05) is 11.8 Å². The number of aromatic nitrogens is 4. The van der Waals surface area contributed by atoms with Gasteiger partial charge in [-0.3, -0.25) is 10.1 Å². The molecule has 0 radical (unpaired) electrons. The fourth-order valence-electron chi connectivity index (χ4n) is 2.35. The molecule has 2 aromatic heterocycles. The topological polar surface area (TPSA) is 72.7 Å². The summed E-state index contributed by atoms with van der Waals surface area (Å²) < 4.78 is 1.56. The first-order valence-electron chi connectivity index (χ1n) is 7.70. The molecule has 0 fully saturated rings. The Labute approximate surface area is 158 Å². The van der Waals surface area contributed by atoms with Gasteiger partial charge in [0.1, 0.15) is 5.01 Å². The van der Waals surface area contributed by atoms with Gasteiger partial charge in [-0.15, -0.1) is 10.2 Å². The van der Waals surface area contributed by atoms with Crippen molar-refractivity contribution < 1.29 is 4.79 Å². The van der Waals surface area contributed by atoms with Gasteiger partial charge in [-0.1, -0.05) is 65.4 Å². The average molecular weight is 382 g/mol. The molecule has 128 valence electrons. The van der Waals surface area contributed by atoms with Gasteiger partial charge in [-0.05, 0) is 12.1 Å². The molecule has 0 bridgehead atoms. The molecule has 0 saturated heterocycles. The van der Waals surface area contributed by atoms with E-state index < -0.39 is 0 Å². The summed E-state index contributed by atoms with van der Waals surface area (Å²) in [5, 5.41) is 16.8. The Morgan fingerprint density at radius 2 is 1.81 bits per heavy atom. The first kappa shape index (κ1) is 16.4. The van der Waals surface area contributed by atoms with Crippen LogP contribution in [0.25, 0.3) is 16.3 Å². The van der Waals surface area contributed by atoms with E-state index in [2.05, 4.69) is 20.6 Å². The second kappa shape index (κ2) is 7.07. The van der Waals surface area contributed by atoms with Gasteiger partial charge in [0.15, 0.2) is 0 Å². The van der Waals surface area contributed by atoms with Crippen LogP contribution in [0, 0.1) is 0 Å². The van der Waals surface area contributed by atoms with Gasteiger partial charge in [-0.25, -0.2) is 4.68 Å². The van der Waals surface area contributed by atoms with Crippen LogP contribution in [-0.2, 0) is 0 Å². The molecule has 4 aromatic rings. The Morgan fingerprint density at radius 1 is 1.04 bits per heavy atom. The van der Waals surface area contributed by atoms with Crippen LogP contribution in [0.3, 0.4) is 0 Å². The summed E-state index contributed by atoms with van der Waals surface area (Å²) in [7, 11) is 0. The number of hydrogen-bond acceptors (Lipinski definition) is 5. The van der Waals surface area contributed by atoms with Crippen molar-refractivity contribution in [3.05, 3.63) is 77.6 Å². The molecular weight excluding hydrogens is 370 g/mol. The van der Waals surface area contributed by atoms with E-state index in [1.807, 2.05) is 48.5 Å². The summed E-state index contributed by atoms with van der Waals surface area (Å²) in [5.74, 6) is -0.306. The van der Waals surface area contributed by atoms with E-state index >= 15 is 0 Å². The fourth-order valence-corrected chi connectivity index (χ4v) is 3.32. The van der Waals surface area contributed by atoms with Crippen molar-refractivity contribution in [3.8, 4) is 16.3 Å². The molecule has 0 aliphatic carbocycles. The van der Waals surface area contributed by atoms with Crippen LogP contribution in [0.4, 0.5) is 5.13 Å². The van der Waals surface area contributed by atoms with Gasteiger partial charge < -0.3 is 0 Å². The van der Waals surface area contributed by atoms with Crippen LogP contribution in [0.1, 0.15) is 10.4 Å². The second-order valence-electron chi connectivity index (χ2n) is 5.36. The molecule has 2 heterocycles. The number of carbonyl (C=O) groups excluding carboxylic acids is 1. The smallest absolute Gasteiger partial charge is 0.260 e. The number of nitrogens with one attached hydrogen (secondary N) is 1. The highest BCUT2D eigenvalue weighted by Gasteiger charge is 2.14. The van der Waals surface area contributed by atoms with Crippen LogP contribution in [0.15, 0.2) is 67.0 Å². The molecule has 0 atom stereocenters. The lowest BCUT2D eigenvalue weighted by Gasteiger charge is -2.02. The Morgan fingerprint density at radius 3 is 2.62 bits per heavy atom. The lowest BCUT2D eigenvalue weighted by Crippen LogP contribution is -2.10. The van der Waals surface area contributed by atoms with Crippen molar-refractivity contribution in [3.63, 3.8) is 0 Å². The van der Waals surface area contributed by atoms with E-state index in [4.69, 9.17) is 11.6 Å². The number of para-hydroxylation sites is 1. The third-order valence-electron chi connectivity index (χ3n) is 3.61. The number of amides is 1. The second-order valence-corrected chi connectivity index (χ2v) is 6.74. The Hall–Kier alpha value is -3.03. The highest BCUT2D eigenvalue weighted by molar-refractivity contribution is 7.18. The van der Waals surface area contributed by atoms with E-state index in [0.29, 0.717) is 21.4 Å². The molecule has 26 heavy (non-hydrogen) atoms. The molecule has 1 N–H and O–H groups in total. The number of benzene rings is 2. The third-order valence-corrected chi connectivity index (χ3v) is 4.82. The van der Waals surface area contributed by atoms with Gasteiger partial charge in [0.05, 0.1) is 22.5 Å². The molecule has 4 rings (SSSR count). The predicted octanol–water partition coefficient (Wildman–Crippen LogP) is 4.30. The number of anilines is 1. The summed E-state index contributed by atoms with van der Waals surface area (Å²) in [5.41, 5.74) is 2.06. The van der Waals surface area contributed by atoms with Gasteiger partial charge in [0.2, 0.25) is 5.13 Å². The maximum absolute atomic E-state index is 12.4. The third kappa shape index (κ3) is 3.35. The molecule has 0 spiro atoms. The number of nitrogens with zero attached hydrogens (tertiary/aromatic N) is 4. The fraction of sp³-hybridized carbons (Fsp3) is 0. The summed E-state index contributed by atoms with van der Waals surface area (Å²) >= 11 is 7.47. The number of carbonyl (C=O) groups is 1. The molecule has 6 nitrogen and oxygen atoms in total. The average Bonchev–Trinajstić information content (AvgIpc) is 3.33. The zero-order valence-electron chi connectivity index (χ0n) is 13.3. The molecule has 2 aromatic carbocycles. The minimum atomic E-state index is -0.306. The zero-order valence-corrected chi connectivity index (χ0v) is 14.9. The molecule has 0 saturated carbocycles. The van der Waals surface area contributed by atoms with E-state index in [-0.39, 0.29) is 5.91 Å². The minimum absolute atomic E-state index is 0.306. The highest BCUT2D eigenvalue weighted by atomic mass is 35.5. The maximum Gasteiger partial charge on any atom is 0.260 e. The molecule has 0 aliphatic heterocycles. The molecular formula is C18H12ClN5OS. The summed E-state index contributed by atoms with van der Waals surface area (Å²) in [4.78, 5) is 12.4. The SMILES string of the molecule is O=C(Nc1nnc(-c2ccccc2)s1)c1cnn(-c2ccccc2Cl)c1. The predicted molar refractivity (Wildman–Crippen MR) is 102 cm³/mol. The Balaban J connectivity index is 1.51. The number of rotatable bonds is 4. The number of halogens is 1. The van der Waals surface area contributed by atoms with Crippen LogP contribution in [0.5, 0.6) is 0 Å². The van der Waals surface area contributed by atoms with E-state index in [1.54, 1.807) is 16.9 Å². The Bertz CT molecular complexity index is 1060. The first-order chi connectivity index (χ1) is 12.7. The van der Waals surface area contributed by atoms with E-state index in [0.717, 1.165) is 10.6 Å². The van der Waals surface area contributed by atoms with Crippen LogP contribution >= 0.6 is 22.9 Å². The van der Waals surface area contributed by atoms with Crippen molar-refractivity contribution in [2.75, 3.05) is 5.32 Å². The molecule has 0 unspecified atom stereocenters. The minimum Gasteiger partial charge on any atom is -0.296 e. The lowest BCUT2D eigenvalue weighted by molar-refractivity contribution is 0.102. The maximum atomic E-state index is 12.4. The summed E-state index contributed by atoms with van der Waals surface area (Å²) in [6, 6.07) is 17.0. The molecule has 1 amide bonds. The lowest BCUT2D eigenvalue weighted by atomic mass is 10.2. The van der Waals surface area contributed by atoms with E-state index in [1.165, 1.54) is 17.5 Å². The first-order valence-corrected chi connectivity index (χ1v) is 8.90. The van der Waals surface area contributed by atoms with Crippen molar-refractivity contribution in [1.29, 1.82) is 0 Å². The van der Waals surface area contributed by atoms with Crippen molar-refractivity contribution in [2.45, 2.75) is 0 Å². The van der Waals surface area contributed by atoms with Crippen LogP contribution < -0.4 is 5.32 Å². The van der Waals surface area contributed by atoms with Crippen molar-refractivity contribution in [2.24, 2.45) is 0 Å². The van der Waals surface area contributed by atoms with Crippen LogP contribution in [-0.4, -0.2) is 25.9 Å². The summed E-state index contributed by atoms with van der Waals surface area (Å²) in [6.45, 7) is 0. The van der Waals surface area contributed by atoms with Crippen molar-refractivity contribution in [1.82, 2.24) is 20.0 Å². The van der Waals surface area contributed by atoms with E-state index in [9.17, 15) is 4.79 Å². The highest BCUT2D eigenvalue weighted by Crippen LogP contribution is 2.26. The molecule has 8 heteroatoms. The Kier molecular flexibility index (Phi) is 4.47. The number of hydrogen-bond donors (Lipinski definition) is 1. The largest absolute Gasteiger partial charge is 0.296 e. The normalized spacial score (nSPS) is 10.7. The zero-order chi connectivity index (χ0) is 17.9. The van der Waals surface area contributed by atoms with Gasteiger partial charge in [-0.2, -0.15) is 5.10 Å². The monoisotopic (exact) mass is 381 g/mol. The van der Waals surface area contributed by atoms with Gasteiger partial charge in [0.25, 0.3) is 5.91 Å². The van der Waals surface area contributed by atoms with Gasteiger partial charge >= 0.3 is 0 Å². The standard InChI is InChI=1S/C18H12ClN5OS/c19-14-8-4-5-9-15(14)24-11-13(10-20-24)16(25)21-18-23-22-17(26-18)12-6-2-1-3-7-12/h1-11H,(H,21,23,25). The molecule has 0 aliphatic rings. The summed E-state index contributed by atoms with van der Waals surface area (Å²) in [6.07, 6.45) is 3.10. The quantitative estimate of drug-likeness (QED) is 0.572. The van der Waals surface area contributed by atoms with Crippen LogP contribution in [0.2, 0.25) is 5.02 Å². The van der Waals surface area contributed by atoms with Crippen molar-refractivity contribution >= 4 is 34.0 Å².